The lowest BCUT2D eigenvalue weighted by molar-refractivity contribution is 0.609. The molecule has 2 rings (SSSR count). The van der Waals surface area contributed by atoms with Gasteiger partial charge in [0.05, 0.1) is 11.2 Å². The quantitative estimate of drug-likeness (QED) is 0.710. The smallest absolute Gasteiger partial charge is 0.261 e. The molecule has 1 aromatic carbocycles. The van der Waals surface area contributed by atoms with E-state index in [1.54, 1.807) is 12.1 Å². The third-order valence-corrected chi connectivity index (χ3v) is 3.06. The van der Waals surface area contributed by atoms with Crippen LogP contribution in [0.1, 0.15) is 7.43 Å². The number of fused-ring (bicyclic) bond motifs is 1. The molecule has 76 valence electrons. The van der Waals surface area contributed by atoms with Gasteiger partial charge in [0.15, 0.2) is 0 Å². The number of furan rings is 1. The van der Waals surface area contributed by atoms with E-state index in [2.05, 4.69) is 0 Å². The van der Waals surface area contributed by atoms with Gasteiger partial charge in [-0.25, -0.2) is 8.42 Å². The summed E-state index contributed by atoms with van der Waals surface area (Å²) in [7, 11) is 1.53. The van der Waals surface area contributed by atoms with Gasteiger partial charge in [-0.15, -0.1) is 0 Å². The number of halogens is 1. The first kappa shape index (κ1) is 11.1. The van der Waals surface area contributed by atoms with Gasteiger partial charge in [-0.3, -0.25) is 0 Å². The van der Waals surface area contributed by atoms with Gasteiger partial charge in [-0.1, -0.05) is 7.43 Å². The molecule has 2 aromatic rings. The lowest BCUT2D eigenvalue weighted by Gasteiger charge is -1.94. The molecule has 0 spiro atoms. The Balaban J connectivity index is 0.000000980. The predicted octanol–water partition coefficient (Wildman–Crippen LogP) is 3.00. The second-order valence-corrected chi connectivity index (χ2v) is 5.12. The molecule has 0 fully saturated rings. The van der Waals surface area contributed by atoms with Crippen molar-refractivity contribution in [1.82, 2.24) is 0 Å². The fourth-order valence-electron chi connectivity index (χ4n) is 1.10. The summed E-state index contributed by atoms with van der Waals surface area (Å²) in [4.78, 5) is 0.0862. The Hall–Kier alpha value is -1.00. The van der Waals surface area contributed by atoms with Crippen LogP contribution in [0.25, 0.3) is 11.0 Å². The summed E-state index contributed by atoms with van der Waals surface area (Å²) in [6.07, 6.45) is 1.50. The van der Waals surface area contributed by atoms with Crippen molar-refractivity contribution in [1.29, 1.82) is 0 Å². The summed E-state index contributed by atoms with van der Waals surface area (Å²) < 4.78 is 26.9. The van der Waals surface area contributed by atoms with E-state index >= 15 is 0 Å². The fourth-order valence-corrected chi connectivity index (χ4v) is 1.88. The molecule has 0 atom stereocenters. The zero-order chi connectivity index (χ0) is 9.47. The zero-order valence-corrected chi connectivity index (χ0v) is 7.97. The minimum absolute atomic E-state index is 0. The molecule has 0 unspecified atom stereocenters. The lowest BCUT2D eigenvalue weighted by Crippen LogP contribution is -1.88. The van der Waals surface area contributed by atoms with Crippen molar-refractivity contribution in [2.75, 3.05) is 0 Å². The largest absolute Gasteiger partial charge is 0.464 e. The second-order valence-electron chi connectivity index (χ2n) is 2.56. The maximum atomic E-state index is 10.9. The molecule has 0 aliphatic carbocycles. The van der Waals surface area contributed by atoms with Crippen LogP contribution in [-0.2, 0) is 9.05 Å². The molecule has 0 saturated carbocycles. The van der Waals surface area contributed by atoms with Crippen molar-refractivity contribution in [2.24, 2.45) is 0 Å². The highest BCUT2D eigenvalue weighted by Crippen LogP contribution is 2.22. The van der Waals surface area contributed by atoms with Crippen molar-refractivity contribution in [3.63, 3.8) is 0 Å². The van der Waals surface area contributed by atoms with Gasteiger partial charge >= 0.3 is 0 Å². The van der Waals surface area contributed by atoms with Gasteiger partial charge in [0, 0.05) is 16.1 Å². The summed E-state index contributed by atoms with van der Waals surface area (Å²) in [5.74, 6) is 0. The lowest BCUT2D eigenvalue weighted by atomic mass is 10.3. The molecule has 0 saturated heterocycles. The van der Waals surface area contributed by atoms with Crippen LogP contribution in [0.2, 0.25) is 0 Å². The molecule has 1 aromatic heterocycles. The molecule has 0 aliphatic rings. The third kappa shape index (κ3) is 1.91. The van der Waals surface area contributed by atoms with E-state index in [9.17, 15) is 8.42 Å². The van der Waals surface area contributed by atoms with Crippen LogP contribution in [0, 0.1) is 0 Å². The fraction of sp³-hybridized carbons (Fsp3) is 0.111. The molecule has 0 amide bonds. The normalized spacial score (nSPS) is 11.2. The van der Waals surface area contributed by atoms with Crippen molar-refractivity contribution < 1.29 is 12.8 Å². The third-order valence-electron chi connectivity index (χ3n) is 1.71. The highest BCUT2D eigenvalue weighted by atomic mass is 35.7. The molecule has 14 heavy (non-hydrogen) atoms. The molecule has 5 heteroatoms. The topological polar surface area (TPSA) is 47.3 Å². The highest BCUT2D eigenvalue weighted by molar-refractivity contribution is 8.13. The first-order valence-electron chi connectivity index (χ1n) is 3.49. The second kappa shape index (κ2) is 3.63. The van der Waals surface area contributed by atoms with Crippen LogP contribution < -0.4 is 0 Å². The Labute approximate surface area is 86.7 Å². The van der Waals surface area contributed by atoms with Crippen LogP contribution in [0.3, 0.4) is 0 Å². The Morgan fingerprint density at radius 3 is 2.57 bits per heavy atom. The molecule has 0 radical (unpaired) electrons. The van der Waals surface area contributed by atoms with Crippen LogP contribution in [0.5, 0.6) is 0 Å². The van der Waals surface area contributed by atoms with Crippen molar-refractivity contribution in [3.8, 4) is 0 Å². The summed E-state index contributed by atoms with van der Waals surface area (Å²) >= 11 is 0. The van der Waals surface area contributed by atoms with E-state index in [1.165, 1.54) is 18.4 Å². The summed E-state index contributed by atoms with van der Waals surface area (Å²) in [5, 5.41) is 0.724. The Bertz CT molecular complexity index is 542. The van der Waals surface area contributed by atoms with Gasteiger partial charge in [0.2, 0.25) is 0 Å². The Morgan fingerprint density at radius 2 is 1.93 bits per heavy atom. The number of hydrogen-bond acceptors (Lipinski definition) is 3. The maximum absolute atomic E-state index is 10.9. The summed E-state index contributed by atoms with van der Waals surface area (Å²) in [5.41, 5.74) is 0.643. The molecule has 0 N–H and O–H groups in total. The van der Waals surface area contributed by atoms with E-state index in [0.717, 1.165) is 5.39 Å². The predicted molar refractivity (Wildman–Crippen MR) is 56.0 cm³/mol. The molecule has 1 heterocycles. The van der Waals surface area contributed by atoms with Gasteiger partial charge < -0.3 is 4.42 Å². The Morgan fingerprint density at radius 1 is 1.21 bits per heavy atom. The molecule has 0 bridgehead atoms. The van der Waals surface area contributed by atoms with E-state index in [-0.39, 0.29) is 12.3 Å². The van der Waals surface area contributed by atoms with Crippen LogP contribution in [0.15, 0.2) is 39.8 Å². The van der Waals surface area contributed by atoms with E-state index in [4.69, 9.17) is 15.1 Å². The standard InChI is InChI=1S/C8H5ClO3S.CH4/c9-13(10,11)7-1-2-8-6(5-7)3-4-12-8;/h1-5H;1H4. The Kier molecular flexibility index (Phi) is 2.87. The van der Waals surface area contributed by atoms with Gasteiger partial charge in [-0.05, 0) is 24.3 Å². The van der Waals surface area contributed by atoms with E-state index in [0.29, 0.717) is 5.58 Å². The maximum Gasteiger partial charge on any atom is 0.261 e. The number of rotatable bonds is 1. The minimum atomic E-state index is -3.64. The monoisotopic (exact) mass is 232 g/mol. The average Bonchev–Trinajstić information content (AvgIpc) is 2.47. The van der Waals surface area contributed by atoms with Crippen LogP contribution in [0.4, 0.5) is 0 Å². The van der Waals surface area contributed by atoms with Gasteiger partial charge in [-0.2, -0.15) is 0 Å². The van der Waals surface area contributed by atoms with Crippen LogP contribution in [-0.4, -0.2) is 8.42 Å². The van der Waals surface area contributed by atoms with Crippen molar-refractivity contribution in [2.45, 2.75) is 12.3 Å². The van der Waals surface area contributed by atoms with Crippen molar-refractivity contribution >= 4 is 30.7 Å². The SMILES string of the molecule is C.O=S(=O)(Cl)c1ccc2occc2c1. The molecular formula is C9H9ClO3S. The number of hydrogen-bond donors (Lipinski definition) is 0. The van der Waals surface area contributed by atoms with Gasteiger partial charge in [0.25, 0.3) is 9.05 Å². The summed E-state index contributed by atoms with van der Waals surface area (Å²) in [6.45, 7) is 0. The zero-order valence-electron chi connectivity index (χ0n) is 6.40. The molecular weight excluding hydrogens is 224 g/mol. The van der Waals surface area contributed by atoms with E-state index < -0.39 is 9.05 Å². The van der Waals surface area contributed by atoms with Crippen LogP contribution >= 0.6 is 10.7 Å². The van der Waals surface area contributed by atoms with Gasteiger partial charge in [0.1, 0.15) is 5.58 Å². The van der Waals surface area contributed by atoms with E-state index in [1.807, 2.05) is 0 Å². The summed E-state index contributed by atoms with van der Waals surface area (Å²) in [6, 6.07) is 6.14. The minimum Gasteiger partial charge on any atom is -0.464 e. The van der Waals surface area contributed by atoms with Crippen molar-refractivity contribution in [3.05, 3.63) is 30.5 Å². The first-order valence-corrected chi connectivity index (χ1v) is 5.80. The first-order chi connectivity index (χ1) is 6.07. The highest BCUT2D eigenvalue weighted by Gasteiger charge is 2.10. The number of benzene rings is 1. The average molecular weight is 233 g/mol. The molecule has 0 aliphatic heterocycles. The molecule has 3 nitrogen and oxygen atoms in total.